The van der Waals surface area contributed by atoms with Crippen LogP contribution in [0.1, 0.15) is 0 Å². The third kappa shape index (κ3) is 2.52. The third-order valence-electron chi connectivity index (χ3n) is 2.52. The zero-order valence-electron chi connectivity index (χ0n) is 9.45. The number of hydrogen-bond acceptors (Lipinski definition) is 3. The standard InChI is InChI=1S/C13H7ClF2N2S/c14-9-6-8(2-3-10(9)16)17-13-18-11-5-7(15)1-4-12(11)19-13/h1-6H,(H,17,18). The molecule has 3 aromatic rings. The third-order valence-corrected chi connectivity index (χ3v) is 3.76. The molecule has 19 heavy (non-hydrogen) atoms. The minimum atomic E-state index is -0.474. The lowest BCUT2D eigenvalue weighted by molar-refractivity contribution is 0.628. The summed E-state index contributed by atoms with van der Waals surface area (Å²) in [6.07, 6.45) is 0. The summed E-state index contributed by atoms with van der Waals surface area (Å²) in [6.45, 7) is 0. The van der Waals surface area contributed by atoms with Gasteiger partial charge in [0.1, 0.15) is 11.6 Å². The van der Waals surface area contributed by atoms with Crippen molar-refractivity contribution in [2.24, 2.45) is 0 Å². The molecule has 0 atom stereocenters. The van der Waals surface area contributed by atoms with E-state index in [1.807, 2.05) is 0 Å². The molecule has 0 saturated heterocycles. The van der Waals surface area contributed by atoms with Crippen molar-refractivity contribution in [2.75, 3.05) is 5.32 Å². The summed E-state index contributed by atoms with van der Waals surface area (Å²) >= 11 is 7.08. The van der Waals surface area contributed by atoms with Gasteiger partial charge in [-0.1, -0.05) is 22.9 Å². The fourth-order valence-electron chi connectivity index (χ4n) is 1.65. The van der Waals surface area contributed by atoms with E-state index >= 15 is 0 Å². The summed E-state index contributed by atoms with van der Waals surface area (Å²) in [6, 6.07) is 8.74. The normalized spacial score (nSPS) is 10.9. The lowest BCUT2D eigenvalue weighted by atomic mass is 10.3. The van der Waals surface area contributed by atoms with Crippen molar-refractivity contribution in [3.8, 4) is 0 Å². The Kier molecular flexibility index (Phi) is 3.08. The zero-order chi connectivity index (χ0) is 13.4. The molecule has 1 heterocycles. The molecule has 2 aromatic carbocycles. The highest BCUT2D eigenvalue weighted by Crippen LogP contribution is 2.29. The molecule has 6 heteroatoms. The minimum absolute atomic E-state index is 0.0390. The molecule has 0 spiro atoms. The number of halogens is 3. The minimum Gasteiger partial charge on any atom is -0.331 e. The van der Waals surface area contributed by atoms with Crippen molar-refractivity contribution in [3.05, 3.63) is 53.1 Å². The van der Waals surface area contributed by atoms with Crippen molar-refractivity contribution in [3.63, 3.8) is 0 Å². The second-order valence-electron chi connectivity index (χ2n) is 3.88. The van der Waals surface area contributed by atoms with E-state index in [9.17, 15) is 8.78 Å². The van der Waals surface area contributed by atoms with Crippen LogP contribution in [0.2, 0.25) is 5.02 Å². The van der Waals surface area contributed by atoms with Crippen LogP contribution in [0.15, 0.2) is 36.4 Å². The Hall–Kier alpha value is -1.72. The van der Waals surface area contributed by atoms with Gasteiger partial charge in [0.05, 0.1) is 15.2 Å². The summed E-state index contributed by atoms with van der Waals surface area (Å²) in [5, 5.41) is 3.65. The van der Waals surface area contributed by atoms with Crippen molar-refractivity contribution >= 4 is 44.0 Å². The van der Waals surface area contributed by atoms with Gasteiger partial charge in [0, 0.05) is 11.8 Å². The first-order valence-corrected chi connectivity index (χ1v) is 6.59. The Morgan fingerprint density at radius 2 is 1.95 bits per heavy atom. The number of nitrogens with one attached hydrogen (secondary N) is 1. The molecule has 1 N–H and O–H groups in total. The van der Waals surface area contributed by atoms with Crippen LogP contribution in [0.5, 0.6) is 0 Å². The van der Waals surface area contributed by atoms with E-state index in [2.05, 4.69) is 10.3 Å². The van der Waals surface area contributed by atoms with Gasteiger partial charge in [-0.2, -0.15) is 0 Å². The molecule has 1 aromatic heterocycles. The average Bonchev–Trinajstić information content (AvgIpc) is 2.75. The molecule has 0 bridgehead atoms. The molecular weight excluding hydrogens is 290 g/mol. The second-order valence-corrected chi connectivity index (χ2v) is 5.32. The van der Waals surface area contributed by atoms with Gasteiger partial charge in [-0.3, -0.25) is 0 Å². The largest absolute Gasteiger partial charge is 0.331 e. The molecule has 0 aliphatic rings. The molecule has 0 aliphatic heterocycles. The monoisotopic (exact) mass is 296 g/mol. The van der Waals surface area contributed by atoms with Crippen LogP contribution in [0, 0.1) is 11.6 Å². The molecule has 0 radical (unpaired) electrons. The van der Waals surface area contributed by atoms with Gasteiger partial charge in [-0.05, 0) is 30.3 Å². The van der Waals surface area contributed by atoms with Gasteiger partial charge < -0.3 is 5.32 Å². The Morgan fingerprint density at radius 3 is 2.74 bits per heavy atom. The van der Waals surface area contributed by atoms with Gasteiger partial charge >= 0.3 is 0 Å². The maximum Gasteiger partial charge on any atom is 0.188 e. The van der Waals surface area contributed by atoms with Gasteiger partial charge in [0.15, 0.2) is 5.13 Å². The van der Waals surface area contributed by atoms with Crippen molar-refractivity contribution < 1.29 is 8.78 Å². The number of nitrogens with zero attached hydrogens (tertiary/aromatic N) is 1. The van der Waals surface area contributed by atoms with Crippen LogP contribution in [-0.4, -0.2) is 4.98 Å². The number of aromatic nitrogens is 1. The summed E-state index contributed by atoms with van der Waals surface area (Å²) in [5.74, 6) is -0.798. The Morgan fingerprint density at radius 1 is 1.11 bits per heavy atom. The quantitative estimate of drug-likeness (QED) is 0.722. The van der Waals surface area contributed by atoms with E-state index in [0.717, 1.165) is 4.70 Å². The van der Waals surface area contributed by atoms with Crippen LogP contribution < -0.4 is 5.32 Å². The average molecular weight is 297 g/mol. The lowest BCUT2D eigenvalue weighted by Gasteiger charge is -2.02. The molecule has 0 unspecified atom stereocenters. The highest BCUT2D eigenvalue weighted by Gasteiger charge is 2.06. The smallest absolute Gasteiger partial charge is 0.188 e. The van der Waals surface area contributed by atoms with Gasteiger partial charge in [0.2, 0.25) is 0 Å². The van der Waals surface area contributed by atoms with E-state index < -0.39 is 5.82 Å². The summed E-state index contributed by atoms with van der Waals surface area (Å²) in [7, 11) is 0. The van der Waals surface area contributed by atoms with Crippen LogP contribution in [0.4, 0.5) is 19.6 Å². The molecular formula is C13H7ClF2N2S. The summed E-state index contributed by atoms with van der Waals surface area (Å²) in [5.41, 5.74) is 1.21. The van der Waals surface area contributed by atoms with E-state index in [4.69, 9.17) is 11.6 Å². The first-order valence-electron chi connectivity index (χ1n) is 5.40. The van der Waals surface area contributed by atoms with Crippen molar-refractivity contribution in [1.82, 2.24) is 4.98 Å². The molecule has 96 valence electrons. The Balaban J connectivity index is 1.94. The molecule has 2 nitrogen and oxygen atoms in total. The zero-order valence-corrected chi connectivity index (χ0v) is 11.0. The predicted molar refractivity (Wildman–Crippen MR) is 74.3 cm³/mol. The number of hydrogen-bond donors (Lipinski definition) is 1. The highest BCUT2D eigenvalue weighted by molar-refractivity contribution is 7.22. The van der Waals surface area contributed by atoms with Crippen LogP contribution >= 0.6 is 22.9 Å². The fourth-order valence-corrected chi connectivity index (χ4v) is 2.70. The predicted octanol–water partition coefficient (Wildman–Crippen LogP) is 4.97. The second kappa shape index (κ2) is 4.75. The van der Waals surface area contributed by atoms with E-state index in [1.54, 1.807) is 12.1 Å². The highest BCUT2D eigenvalue weighted by atomic mass is 35.5. The molecule has 3 rings (SSSR count). The van der Waals surface area contributed by atoms with Gasteiger partial charge in [-0.15, -0.1) is 0 Å². The number of rotatable bonds is 2. The Labute approximate surface area is 116 Å². The number of anilines is 2. The topological polar surface area (TPSA) is 24.9 Å². The fraction of sp³-hybridized carbons (Fsp3) is 0. The maximum absolute atomic E-state index is 13.1. The van der Waals surface area contributed by atoms with Gasteiger partial charge in [0.25, 0.3) is 0 Å². The number of fused-ring (bicyclic) bond motifs is 1. The van der Waals surface area contributed by atoms with E-state index in [1.165, 1.54) is 35.6 Å². The molecule has 0 amide bonds. The van der Waals surface area contributed by atoms with Gasteiger partial charge in [-0.25, -0.2) is 13.8 Å². The summed E-state index contributed by atoms with van der Waals surface area (Å²) < 4.78 is 27.0. The van der Waals surface area contributed by atoms with Crippen LogP contribution in [0.25, 0.3) is 10.2 Å². The molecule has 0 fully saturated rings. The number of benzene rings is 2. The SMILES string of the molecule is Fc1ccc2sc(Nc3ccc(F)c(Cl)c3)nc2c1. The van der Waals surface area contributed by atoms with Crippen LogP contribution in [0.3, 0.4) is 0 Å². The molecule has 0 aliphatic carbocycles. The first-order chi connectivity index (χ1) is 9.11. The van der Waals surface area contributed by atoms with Crippen molar-refractivity contribution in [1.29, 1.82) is 0 Å². The lowest BCUT2D eigenvalue weighted by Crippen LogP contribution is -1.89. The molecule has 0 saturated carbocycles. The number of thiazole rings is 1. The Bertz CT molecular complexity index is 757. The van der Waals surface area contributed by atoms with Crippen LogP contribution in [-0.2, 0) is 0 Å². The summed E-state index contributed by atoms with van der Waals surface area (Å²) in [4.78, 5) is 4.25. The first kappa shape index (κ1) is 12.3. The van der Waals surface area contributed by atoms with Crippen molar-refractivity contribution in [2.45, 2.75) is 0 Å². The maximum atomic E-state index is 13.1. The van der Waals surface area contributed by atoms with E-state index in [-0.39, 0.29) is 10.8 Å². The van der Waals surface area contributed by atoms with E-state index in [0.29, 0.717) is 16.3 Å².